The summed E-state index contributed by atoms with van der Waals surface area (Å²) in [5, 5.41) is 9.48. The lowest BCUT2D eigenvalue weighted by atomic mass is 9.99. The van der Waals surface area contributed by atoms with Crippen molar-refractivity contribution in [3.8, 4) is 0 Å². The summed E-state index contributed by atoms with van der Waals surface area (Å²) in [7, 11) is 0. The second kappa shape index (κ2) is 4.49. The van der Waals surface area contributed by atoms with Crippen molar-refractivity contribution in [1.29, 1.82) is 0 Å². The SMILES string of the molecule is Cc1cc(C)c(C(=O)N2CC[C@@H](O)C2)c(C)c1. The van der Waals surface area contributed by atoms with Gasteiger partial charge in [-0.2, -0.15) is 0 Å². The standard InChI is InChI=1S/C14H19NO2/c1-9-6-10(2)13(11(3)7-9)14(17)15-5-4-12(16)8-15/h6-7,12,16H,4-5,8H2,1-3H3/t12-/m1/s1. The zero-order valence-electron chi connectivity index (χ0n) is 10.7. The first-order chi connectivity index (χ1) is 7.99. The van der Waals surface area contributed by atoms with Crippen molar-refractivity contribution in [3.05, 3.63) is 34.4 Å². The van der Waals surface area contributed by atoms with Gasteiger partial charge in [-0.25, -0.2) is 0 Å². The number of aliphatic hydroxyl groups is 1. The van der Waals surface area contributed by atoms with Crippen molar-refractivity contribution in [2.45, 2.75) is 33.3 Å². The predicted octanol–water partition coefficient (Wildman–Crippen LogP) is 1.82. The van der Waals surface area contributed by atoms with Gasteiger partial charge in [0.05, 0.1) is 6.10 Å². The van der Waals surface area contributed by atoms with Gasteiger partial charge in [0.1, 0.15) is 0 Å². The minimum atomic E-state index is -0.356. The number of hydrogen-bond donors (Lipinski definition) is 1. The van der Waals surface area contributed by atoms with Gasteiger partial charge in [0.25, 0.3) is 5.91 Å². The van der Waals surface area contributed by atoms with E-state index in [1.54, 1.807) is 4.90 Å². The molecule has 1 aromatic carbocycles. The molecule has 3 nitrogen and oxygen atoms in total. The second-order valence-electron chi connectivity index (χ2n) is 4.97. The first kappa shape index (κ1) is 12.1. The molecule has 0 unspecified atom stereocenters. The summed E-state index contributed by atoms with van der Waals surface area (Å²) >= 11 is 0. The number of nitrogens with zero attached hydrogens (tertiary/aromatic N) is 1. The lowest BCUT2D eigenvalue weighted by Crippen LogP contribution is -2.30. The van der Waals surface area contributed by atoms with Crippen molar-refractivity contribution in [2.75, 3.05) is 13.1 Å². The van der Waals surface area contributed by atoms with Gasteiger partial charge in [0.15, 0.2) is 0 Å². The van der Waals surface area contributed by atoms with Crippen molar-refractivity contribution in [3.63, 3.8) is 0 Å². The van der Waals surface area contributed by atoms with E-state index in [1.807, 2.05) is 32.9 Å². The van der Waals surface area contributed by atoms with E-state index in [1.165, 1.54) is 5.56 Å². The molecule has 1 amide bonds. The molecule has 0 saturated carbocycles. The van der Waals surface area contributed by atoms with Crippen molar-refractivity contribution >= 4 is 5.91 Å². The normalized spacial score (nSPS) is 19.8. The highest BCUT2D eigenvalue weighted by atomic mass is 16.3. The highest BCUT2D eigenvalue weighted by molar-refractivity contribution is 5.97. The van der Waals surface area contributed by atoms with E-state index < -0.39 is 0 Å². The van der Waals surface area contributed by atoms with Gasteiger partial charge in [-0.3, -0.25) is 4.79 Å². The Morgan fingerprint density at radius 1 is 1.29 bits per heavy atom. The molecule has 0 aliphatic carbocycles. The number of aliphatic hydroxyl groups excluding tert-OH is 1. The zero-order chi connectivity index (χ0) is 12.6. The number of β-amino-alcohol motifs (C(OH)–C–C–N with tert-alkyl or cyclic N) is 1. The van der Waals surface area contributed by atoms with Gasteiger partial charge >= 0.3 is 0 Å². The molecule has 1 fully saturated rings. The number of amides is 1. The Hall–Kier alpha value is -1.35. The van der Waals surface area contributed by atoms with Gasteiger partial charge in [0.2, 0.25) is 0 Å². The monoisotopic (exact) mass is 233 g/mol. The summed E-state index contributed by atoms with van der Waals surface area (Å²) < 4.78 is 0. The number of rotatable bonds is 1. The molecule has 3 heteroatoms. The fourth-order valence-corrected chi connectivity index (χ4v) is 2.60. The quantitative estimate of drug-likeness (QED) is 0.803. The van der Waals surface area contributed by atoms with Crippen LogP contribution in [0.3, 0.4) is 0 Å². The van der Waals surface area contributed by atoms with Crippen molar-refractivity contribution in [1.82, 2.24) is 4.90 Å². The third kappa shape index (κ3) is 2.34. The van der Waals surface area contributed by atoms with Gasteiger partial charge in [0, 0.05) is 18.7 Å². The first-order valence-electron chi connectivity index (χ1n) is 6.04. The maximum atomic E-state index is 12.4. The smallest absolute Gasteiger partial charge is 0.254 e. The summed E-state index contributed by atoms with van der Waals surface area (Å²) in [4.78, 5) is 14.1. The molecule has 0 spiro atoms. The van der Waals surface area contributed by atoms with E-state index >= 15 is 0 Å². The number of likely N-dealkylation sites (tertiary alicyclic amines) is 1. The molecular weight excluding hydrogens is 214 g/mol. The number of carbonyl (C=O) groups is 1. The maximum Gasteiger partial charge on any atom is 0.254 e. The van der Waals surface area contributed by atoms with Crippen LogP contribution in [0.25, 0.3) is 0 Å². The highest BCUT2D eigenvalue weighted by Gasteiger charge is 2.27. The molecule has 17 heavy (non-hydrogen) atoms. The Morgan fingerprint density at radius 2 is 1.88 bits per heavy atom. The van der Waals surface area contributed by atoms with Crippen LogP contribution in [0.5, 0.6) is 0 Å². The van der Waals surface area contributed by atoms with Crippen LogP contribution >= 0.6 is 0 Å². The molecule has 1 aliphatic heterocycles. The Labute approximate surface area is 102 Å². The molecule has 1 aromatic rings. The predicted molar refractivity (Wildman–Crippen MR) is 67.2 cm³/mol. The molecule has 0 aromatic heterocycles. The van der Waals surface area contributed by atoms with Crippen molar-refractivity contribution in [2.24, 2.45) is 0 Å². The minimum Gasteiger partial charge on any atom is -0.391 e. The number of benzene rings is 1. The summed E-state index contributed by atoms with van der Waals surface area (Å²) in [5.74, 6) is 0.0524. The molecule has 92 valence electrons. The molecule has 1 saturated heterocycles. The average Bonchev–Trinajstić information content (AvgIpc) is 2.63. The Balaban J connectivity index is 2.31. The van der Waals surface area contributed by atoms with Crippen LogP contribution < -0.4 is 0 Å². The van der Waals surface area contributed by atoms with Crippen LogP contribution in [0.15, 0.2) is 12.1 Å². The topological polar surface area (TPSA) is 40.5 Å². The van der Waals surface area contributed by atoms with Gasteiger partial charge < -0.3 is 10.0 Å². The van der Waals surface area contributed by atoms with E-state index in [9.17, 15) is 9.90 Å². The van der Waals surface area contributed by atoms with E-state index in [0.29, 0.717) is 19.5 Å². The fraction of sp³-hybridized carbons (Fsp3) is 0.500. The van der Waals surface area contributed by atoms with Crippen LogP contribution in [-0.2, 0) is 0 Å². The van der Waals surface area contributed by atoms with Gasteiger partial charge in [-0.15, -0.1) is 0 Å². The number of aryl methyl sites for hydroxylation is 3. The molecule has 0 radical (unpaired) electrons. The van der Waals surface area contributed by atoms with Crippen LogP contribution in [0, 0.1) is 20.8 Å². The number of hydrogen-bond acceptors (Lipinski definition) is 2. The number of carbonyl (C=O) groups excluding carboxylic acids is 1. The van der Waals surface area contributed by atoms with Crippen LogP contribution in [-0.4, -0.2) is 35.1 Å². The molecular formula is C14H19NO2. The zero-order valence-corrected chi connectivity index (χ0v) is 10.7. The van der Waals surface area contributed by atoms with Gasteiger partial charge in [-0.05, 0) is 38.3 Å². The Morgan fingerprint density at radius 3 is 2.35 bits per heavy atom. The summed E-state index contributed by atoms with van der Waals surface area (Å²) in [6.07, 6.45) is 0.334. The van der Waals surface area contributed by atoms with E-state index in [-0.39, 0.29) is 12.0 Å². The average molecular weight is 233 g/mol. The van der Waals surface area contributed by atoms with Gasteiger partial charge in [-0.1, -0.05) is 17.7 Å². The minimum absolute atomic E-state index is 0.0524. The lowest BCUT2D eigenvalue weighted by Gasteiger charge is -2.19. The van der Waals surface area contributed by atoms with E-state index in [0.717, 1.165) is 16.7 Å². The summed E-state index contributed by atoms with van der Waals surface area (Å²) in [6.45, 7) is 7.10. The lowest BCUT2D eigenvalue weighted by molar-refractivity contribution is 0.0763. The molecule has 0 bridgehead atoms. The molecule has 1 atom stereocenters. The largest absolute Gasteiger partial charge is 0.391 e. The highest BCUT2D eigenvalue weighted by Crippen LogP contribution is 2.20. The van der Waals surface area contributed by atoms with Crippen LogP contribution in [0.4, 0.5) is 0 Å². The third-order valence-corrected chi connectivity index (χ3v) is 3.34. The molecule has 1 heterocycles. The Bertz CT molecular complexity index is 431. The first-order valence-corrected chi connectivity index (χ1v) is 6.04. The molecule has 1 N–H and O–H groups in total. The van der Waals surface area contributed by atoms with E-state index in [4.69, 9.17) is 0 Å². The summed E-state index contributed by atoms with van der Waals surface area (Å²) in [6, 6.07) is 4.07. The van der Waals surface area contributed by atoms with Crippen LogP contribution in [0.1, 0.15) is 33.5 Å². The molecule has 1 aliphatic rings. The van der Waals surface area contributed by atoms with E-state index in [2.05, 4.69) is 0 Å². The molecule has 2 rings (SSSR count). The fourth-order valence-electron chi connectivity index (χ4n) is 2.60. The summed E-state index contributed by atoms with van der Waals surface area (Å²) in [5.41, 5.74) is 4.02. The maximum absolute atomic E-state index is 12.4. The van der Waals surface area contributed by atoms with Crippen LogP contribution in [0.2, 0.25) is 0 Å². The Kier molecular flexibility index (Phi) is 3.20. The second-order valence-corrected chi connectivity index (χ2v) is 4.97. The third-order valence-electron chi connectivity index (χ3n) is 3.34. The van der Waals surface area contributed by atoms with Crippen molar-refractivity contribution < 1.29 is 9.90 Å².